The fourth-order valence-corrected chi connectivity index (χ4v) is 0.893. The van der Waals surface area contributed by atoms with E-state index in [0.717, 1.165) is 12.1 Å². The predicted octanol–water partition coefficient (Wildman–Crippen LogP) is 2.16. The number of nitrogens with zero attached hydrogens (tertiary/aromatic N) is 1. The summed E-state index contributed by atoms with van der Waals surface area (Å²) in [5, 5.41) is 11.0. The van der Waals surface area contributed by atoms with Crippen molar-refractivity contribution in [1.29, 1.82) is 0 Å². The summed E-state index contributed by atoms with van der Waals surface area (Å²) >= 11 is 0. The van der Waals surface area contributed by atoms with Crippen molar-refractivity contribution in [3.63, 3.8) is 0 Å². The first kappa shape index (κ1) is 8.64. The van der Waals surface area contributed by atoms with Gasteiger partial charge in [0.05, 0.1) is 11.3 Å². The van der Waals surface area contributed by atoms with Crippen molar-refractivity contribution >= 4 is 5.71 Å². The van der Waals surface area contributed by atoms with Crippen molar-refractivity contribution < 1.29 is 14.0 Å². The fraction of sp³-hybridized carbons (Fsp3) is 0.125. The zero-order valence-corrected chi connectivity index (χ0v) is 6.38. The quantitative estimate of drug-likeness (QED) is 0.392. The van der Waals surface area contributed by atoms with E-state index < -0.39 is 11.6 Å². The van der Waals surface area contributed by atoms with Crippen LogP contribution in [0.15, 0.2) is 23.4 Å². The standard InChI is InChI=1S/C8H7F2NO/c1-5(11-12)8-6(9)3-2-4-7(8)10/h2-4,12H,1H3. The van der Waals surface area contributed by atoms with Crippen molar-refractivity contribution in [2.45, 2.75) is 6.92 Å². The third-order valence-electron chi connectivity index (χ3n) is 1.47. The summed E-state index contributed by atoms with van der Waals surface area (Å²) in [4.78, 5) is 0. The maximum Gasteiger partial charge on any atom is 0.135 e. The molecule has 0 radical (unpaired) electrons. The molecule has 0 aliphatic carbocycles. The molecule has 0 spiro atoms. The highest BCUT2D eigenvalue weighted by atomic mass is 19.1. The molecule has 0 bridgehead atoms. The second-order valence-electron chi connectivity index (χ2n) is 2.28. The van der Waals surface area contributed by atoms with E-state index in [-0.39, 0.29) is 11.3 Å². The van der Waals surface area contributed by atoms with Gasteiger partial charge in [-0.05, 0) is 19.1 Å². The van der Waals surface area contributed by atoms with Gasteiger partial charge >= 0.3 is 0 Å². The van der Waals surface area contributed by atoms with Crippen LogP contribution in [0.2, 0.25) is 0 Å². The van der Waals surface area contributed by atoms with Crippen LogP contribution in [0.25, 0.3) is 0 Å². The van der Waals surface area contributed by atoms with Crippen LogP contribution in [-0.2, 0) is 0 Å². The first-order chi connectivity index (χ1) is 5.66. The van der Waals surface area contributed by atoms with Gasteiger partial charge in [0.25, 0.3) is 0 Å². The summed E-state index contributed by atoms with van der Waals surface area (Å²) in [6.45, 7) is 1.32. The van der Waals surface area contributed by atoms with Gasteiger partial charge in [0, 0.05) is 0 Å². The van der Waals surface area contributed by atoms with Crippen LogP contribution >= 0.6 is 0 Å². The first-order valence-corrected chi connectivity index (χ1v) is 3.30. The molecule has 0 fully saturated rings. The van der Waals surface area contributed by atoms with Gasteiger partial charge in [0.15, 0.2) is 0 Å². The number of hydrogen-bond donors (Lipinski definition) is 1. The van der Waals surface area contributed by atoms with Gasteiger partial charge in [-0.1, -0.05) is 11.2 Å². The highest BCUT2D eigenvalue weighted by Crippen LogP contribution is 2.12. The lowest BCUT2D eigenvalue weighted by molar-refractivity contribution is 0.318. The lowest BCUT2D eigenvalue weighted by atomic mass is 10.1. The number of oxime groups is 1. The summed E-state index contributed by atoms with van der Waals surface area (Å²) in [5.74, 6) is -1.46. The van der Waals surface area contributed by atoms with Gasteiger partial charge in [0.2, 0.25) is 0 Å². The SMILES string of the molecule is CC(=NO)c1c(F)cccc1F. The second-order valence-corrected chi connectivity index (χ2v) is 2.28. The monoisotopic (exact) mass is 171 g/mol. The Morgan fingerprint density at radius 3 is 2.25 bits per heavy atom. The van der Waals surface area contributed by atoms with Crippen molar-refractivity contribution in [1.82, 2.24) is 0 Å². The molecular weight excluding hydrogens is 164 g/mol. The third-order valence-corrected chi connectivity index (χ3v) is 1.47. The molecule has 0 atom stereocenters. The number of rotatable bonds is 1. The Kier molecular flexibility index (Phi) is 2.38. The molecule has 64 valence electrons. The molecular formula is C8H7F2NO. The molecule has 0 aromatic heterocycles. The fourth-order valence-electron chi connectivity index (χ4n) is 0.893. The van der Waals surface area contributed by atoms with Crippen LogP contribution in [-0.4, -0.2) is 10.9 Å². The Balaban J connectivity index is 3.31. The minimum atomic E-state index is -0.731. The van der Waals surface area contributed by atoms with Gasteiger partial charge in [-0.15, -0.1) is 0 Å². The first-order valence-electron chi connectivity index (χ1n) is 3.30. The molecule has 2 nitrogen and oxygen atoms in total. The minimum Gasteiger partial charge on any atom is -0.411 e. The van der Waals surface area contributed by atoms with Gasteiger partial charge in [-0.3, -0.25) is 0 Å². The summed E-state index contributed by atoms with van der Waals surface area (Å²) in [7, 11) is 0. The van der Waals surface area contributed by atoms with E-state index in [1.54, 1.807) is 0 Å². The molecule has 0 amide bonds. The molecule has 1 aromatic carbocycles. The lowest BCUT2D eigenvalue weighted by Gasteiger charge is -2.00. The van der Waals surface area contributed by atoms with Gasteiger partial charge in [-0.25, -0.2) is 8.78 Å². The zero-order chi connectivity index (χ0) is 9.14. The molecule has 4 heteroatoms. The van der Waals surface area contributed by atoms with E-state index in [4.69, 9.17) is 5.21 Å². The Hall–Kier alpha value is -1.45. The molecule has 1 aromatic rings. The normalized spacial score (nSPS) is 11.8. The summed E-state index contributed by atoms with van der Waals surface area (Å²) in [6, 6.07) is 3.46. The van der Waals surface area contributed by atoms with E-state index in [2.05, 4.69) is 5.16 Å². The van der Waals surface area contributed by atoms with Crippen molar-refractivity contribution in [3.8, 4) is 0 Å². The Morgan fingerprint density at radius 2 is 1.83 bits per heavy atom. The molecule has 0 aliphatic heterocycles. The predicted molar refractivity (Wildman–Crippen MR) is 40.4 cm³/mol. The Labute approximate surface area is 68.1 Å². The number of benzene rings is 1. The second kappa shape index (κ2) is 3.30. The summed E-state index contributed by atoms with van der Waals surface area (Å²) in [6.07, 6.45) is 0. The number of halogens is 2. The molecule has 0 unspecified atom stereocenters. The molecule has 12 heavy (non-hydrogen) atoms. The number of hydrogen-bond acceptors (Lipinski definition) is 2. The van der Waals surface area contributed by atoms with Gasteiger partial charge < -0.3 is 5.21 Å². The average Bonchev–Trinajstić information content (AvgIpc) is 2.03. The Bertz CT molecular complexity index is 303. The lowest BCUT2D eigenvalue weighted by Crippen LogP contribution is -2.02. The van der Waals surface area contributed by atoms with E-state index in [0.29, 0.717) is 0 Å². The molecule has 0 saturated heterocycles. The highest BCUT2D eigenvalue weighted by Gasteiger charge is 2.10. The van der Waals surface area contributed by atoms with Crippen molar-refractivity contribution in [2.75, 3.05) is 0 Å². The van der Waals surface area contributed by atoms with Crippen LogP contribution < -0.4 is 0 Å². The smallest absolute Gasteiger partial charge is 0.135 e. The molecule has 0 heterocycles. The summed E-state index contributed by atoms with van der Waals surface area (Å²) < 4.78 is 25.7. The largest absolute Gasteiger partial charge is 0.411 e. The third kappa shape index (κ3) is 1.42. The zero-order valence-electron chi connectivity index (χ0n) is 6.38. The van der Waals surface area contributed by atoms with E-state index in [1.807, 2.05) is 0 Å². The Morgan fingerprint density at radius 1 is 1.33 bits per heavy atom. The van der Waals surface area contributed by atoms with Crippen LogP contribution in [0.5, 0.6) is 0 Å². The molecule has 0 aliphatic rings. The average molecular weight is 171 g/mol. The molecule has 0 saturated carbocycles. The maximum atomic E-state index is 12.9. The minimum absolute atomic E-state index is 0.0781. The van der Waals surface area contributed by atoms with Crippen molar-refractivity contribution in [2.24, 2.45) is 5.16 Å². The van der Waals surface area contributed by atoms with Crippen LogP contribution in [0.1, 0.15) is 12.5 Å². The maximum absolute atomic E-state index is 12.9. The van der Waals surface area contributed by atoms with Crippen LogP contribution in [0.3, 0.4) is 0 Å². The molecule has 1 N–H and O–H groups in total. The van der Waals surface area contributed by atoms with Gasteiger partial charge in [0.1, 0.15) is 11.6 Å². The van der Waals surface area contributed by atoms with E-state index in [9.17, 15) is 8.78 Å². The van der Waals surface area contributed by atoms with Gasteiger partial charge in [-0.2, -0.15) is 0 Å². The van der Waals surface area contributed by atoms with Crippen molar-refractivity contribution in [3.05, 3.63) is 35.4 Å². The van der Waals surface area contributed by atoms with E-state index >= 15 is 0 Å². The van der Waals surface area contributed by atoms with Crippen LogP contribution in [0, 0.1) is 11.6 Å². The topological polar surface area (TPSA) is 32.6 Å². The van der Waals surface area contributed by atoms with Crippen LogP contribution in [0.4, 0.5) is 8.78 Å². The summed E-state index contributed by atoms with van der Waals surface area (Å²) in [5.41, 5.74) is -0.370. The molecule has 1 rings (SSSR count). The van der Waals surface area contributed by atoms with E-state index in [1.165, 1.54) is 13.0 Å². The highest BCUT2D eigenvalue weighted by molar-refractivity contribution is 5.98.